The van der Waals surface area contributed by atoms with E-state index in [0.717, 1.165) is 18.7 Å². The highest BCUT2D eigenvalue weighted by molar-refractivity contribution is 5.94. The van der Waals surface area contributed by atoms with Crippen molar-refractivity contribution < 1.29 is 4.79 Å². The van der Waals surface area contributed by atoms with E-state index in [-0.39, 0.29) is 18.3 Å². The van der Waals surface area contributed by atoms with Crippen LogP contribution >= 0.6 is 12.4 Å². The summed E-state index contributed by atoms with van der Waals surface area (Å²) in [7, 11) is 0. The molecular weight excluding hydrogens is 260 g/mol. The smallest absolute Gasteiger partial charge is 0.253 e. The Hall–Kier alpha value is -1.06. The number of benzene rings is 1. The zero-order valence-electron chi connectivity index (χ0n) is 12.1. The van der Waals surface area contributed by atoms with Gasteiger partial charge in [-0.1, -0.05) is 6.07 Å². The highest BCUT2D eigenvalue weighted by Crippen LogP contribution is 2.14. The van der Waals surface area contributed by atoms with Crippen molar-refractivity contribution >= 4 is 18.3 Å². The molecule has 1 aliphatic heterocycles. The number of carbonyl (C=O) groups excluding carboxylic acids is 1. The Bertz CT molecular complexity index is 451. The largest absolute Gasteiger partial charge is 0.336 e. The van der Waals surface area contributed by atoms with Gasteiger partial charge in [-0.3, -0.25) is 4.79 Å². The number of carbonyl (C=O) groups is 1. The first kappa shape index (κ1) is 16.0. The monoisotopic (exact) mass is 282 g/mol. The lowest BCUT2D eigenvalue weighted by molar-refractivity contribution is 0.0673. The fourth-order valence-electron chi connectivity index (χ4n) is 2.55. The fraction of sp³-hybridized carbons (Fsp3) is 0.533. The van der Waals surface area contributed by atoms with Crippen LogP contribution in [-0.2, 0) is 0 Å². The lowest BCUT2D eigenvalue weighted by Gasteiger charge is -2.36. The number of amides is 1. The number of aryl methyl sites for hydroxylation is 2. The average molecular weight is 283 g/mol. The lowest BCUT2D eigenvalue weighted by atomic mass is 10.0. The van der Waals surface area contributed by atoms with Crippen molar-refractivity contribution in [3.63, 3.8) is 0 Å². The standard InChI is InChI=1S/C15H22N2O.ClH/c1-10-5-6-14(7-11(10)2)15(18)17-8-12(3)16-13(4)9-17;/h5-7,12-13,16H,8-9H2,1-4H3;1H. The Labute approximate surface area is 121 Å². The van der Waals surface area contributed by atoms with Crippen molar-refractivity contribution in [3.05, 3.63) is 34.9 Å². The van der Waals surface area contributed by atoms with Gasteiger partial charge >= 0.3 is 0 Å². The summed E-state index contributed by atoms with van der Waals surface area (Å²) in [6.45, 7) is 9.94. The number of hydrogen-bond donors (Lipinski definition) is 1. The normalized spacial score (nSPS) is 22.8. The van der Waals surface area contributed by atoms with Crippen LogP contribution in [0.2, 0.25) is 0 Å². The molecule has 2 atom stereocenters. The van der Waals surface area contributed by atoms with E-state index in [1.54, 1.807) is 0 Å². The molecule has 0 spiro atoms. The highest BCUT2D eigenvalue weighted by Gasteiger charge is 2.25. The van der Waals surface area contributed by atoms with Gasteiger partial charge in [-0.25, -0.2) is 0 Å². The van der Waals surface area contributed by atoms with Crippen molar-refractivity contribution in [3.8, 4) is 0 Å². The van der Waals surface area contributed by atoms with Crippen LogP contribution in [0.15, 0.2) is 18.2 Å². The molecule has 1 aromatic rings. The van der Waals surface area contributed by atoms with Gasteiger partial charge in [0.05, 0.1) is 0 Å². The van der Waals surface area contributed by atoms with Crippen LogP contribution in [0.5, 0.6) is 0 Å². The number of piperazine rings is 1. The third-order valence-corrected chi connectivity index (χ3v) is 3.60. The summed E-state index contributed by atoms with van der Waals surface area (Å²) >= 11 is 0. The molecule has 106 valence electrons. The van der Waals surface area contributed by atoms with Crippen LogP contribution in [0.1, 0.15) is 35.3 Å². The summed E-state index contributed by atoms with van der Waals surface area (Å²) in [6.07, 6.45) is 0. The lowest BCUT2D eigenvalue weighted by Crippen LogP contribution is -2.55. The summed E-state index contributed by atoms with van der Waals surface area (Å²) in [4.78, 5) is 14.4. The molecule has 2 rings (SSSR count). The summed E-state index contributed by atoms with van der Waals surface area (Å²) in [5.41, 5.74) is 3.21. The Morgan fingerprint density at radius 3 is 2.26 bits per heavy atom. The molecule has 19 heavy (non-hydrogen) atoms. The molecule has 0 bridgehead atoms. The minimum absolute atomic E-state index is 0. The van der Waals surface area contributed by atoms with Gasteiger partial charge in [0.1, 0.15) is 0 Å². The molecule has 0 radical (unpaired) electrons. The number of nitrogens with zero attached hydrogens (tertiary/aromatic N) is 1. The topological polar surface area (TPSA) is 32.3 Å². The van der Waals surface area contributed by atoms with E-state index in [0.29, 0.717) is 12.1 Å². The van der Waals surface area contributed by atoms with Crippen molar-refractivity contribution in [2.45, 2.75) is 39.8 Å². The molecule has 0 aliphatic carbocycles. The molecular formula is C15H23ClN2O. The molecule has 3 nitrogen and oxygen atoms in total. The zero-order valence-corrected chi connectivity index (χ0v) is 12.9. The van der Waals surface area contributed by atoms with E-state index >= 15 is 0 Å². The number of rotatable bonds is 1. The van der Waals surface area contributed by atoms with Gasteiger partial charge in [0, 0.05) is 30.7 Å². The van der Waals surface area contributed by atoms with Crippen molar-refractivity contribution in [2.24, 2.45) is 0 Å². The van der Waals surface area contributed by atoms with Crippen molar-refractivity contribution in [1.29, 1.82) is 0 Å². The number of hydrogen-bond acceptors (Lipinski definition) is 2. The summed E-state index contributed by atoms with van der Waals surface area (Å²) in [6, 6.07) is 6.68. The van der Waals surface area contributed by atoms with Crippen LogP contribution in [0.25, 0.3) is 0 Å². The van der Waals surface area contributed by atoms with Gasteiger partial charge in [0.2, 0.25) is 0 Å². The first-order valence-corrected chi connectivity index (χ1v) is 6.60. The summed E-state index contributed by atoms with van der Waals surface area (Å²) < 4.78 is 0. The van der Waals surface area contributed by atoms with Crippen LogP contribution in [-0.4, -0.2) is 36.0 Å². The molecule has 4 heteroatoms. The predicted molar refractivity (Wildman–Crippen MR) is 81.1 cm³/mol. The molecule has 0 aromatic heterocycles. The maximum Gasteiger partial charge on any atom is 0.253 e. The van der Waals surface area contributed by atoms with Crippen LogP contribution in [0.4, 0.5) is 0 Å². The van der Waals surface area contributed by atoms with Crippen LogP contribution < -0.4 is 5.32 Å². The number of halogens is 1. The van der Waals surface area contributed by atoms with E-state index in [2.05, 4.69) is 33.0 Å². The average Bonchev–Trinajstić information content (AvgIpc) is 2.30. The molecule has 0 saturated carbocycles. The molecule has 1 saturated heterocycles. The van der Waals surface area contributed by atoms with Gasteiger partial charge in [-0.15, -0.1) is 12.4 Å². The SMILES string of the molecule is Cc1ccc(C(=O)N2CC(C)NC(C)C2)cc1C.Cl. The Balaban J connectivity index is 0.00000180. The minimum atomic E-state index is 0. The zero-order chi connectivity index (χ0) is 13.3. The summed E-state index contributed by atoms with van der Waals surface area (Å²) in [5, 5.41) is 3.44. The second-order valence-electron chi connectivity index (χ2n) is 5.48. The molecule has 1 aliphatic rings. The van der Waals surface area contributed by atoms with E-state index < -0.39 is 0 Å². The van der Waals surface area contributed by atoms with Crippen LogP contribution in [0.3, 0.4) is 0 Å². The quantitative estimate of drug-likeness (QED) is 0.859. The first-order chi connectivity index (χ1) is 8.47. The fourth-order valence-corrected chi connectivity index (χ4v) is 2.55. The Morgan fingerprint density at radius 2 is 1.74 bits per heavy atom. The molecule has 1 aromatic carbocycles. The van der Waals surface area contributed by atoms with Gasteiger partial charge < -0.3 is 10.2 Å². The molecule has 1 N–H and O–H groups in total. The maximum absolute atomic E-state index is 12.5. The van der Waals surface area contributed by atoms with Crippen molar-refractivity contribution in [1.82, 2.24) is 10.2 Å². The number of nitrogens with one attached hydrogen (secondary N) is 1. The van der Waals surface area contributed by atoms with Gasteiger partial charge in [-0.2, -0.15) is 0 Å². The van der Waals surface area contributed by atoms with Gasteiger partial charge in [-0.05, 0) is 51.0 Å². The van der Waals surface area contributed by atoms with Crippen LogP contribution in [0, 0.1) is 13.8 Å². The third-order valence-electron chi connectivity index (χ3n) is 3.60. The highest BCUT2D eigenvalue weighted by atomic mass is 35.5. The van der Waals surface area contributed by atoms with E-state index in [1.807, 2.05) is 23.1 Å². The van der Waals surface area contributed by atoms with E-state index in [4.69, 9.17) is 0 Å². The van der Waals surface area contributed by atoms with E-state index in [9.17, 15) is 4.79 Å². The maximum atomic E-state index is 12.5. The Kier molecular flexibility index (Phi) is 5.39. The van der Waals surface area contributed by atoms with Gasteiger partial charge in [0.25, 0.3) is 5.91 Å². The molecule has 1 fully saturated rings. The molecule has 1 heterocycles. The Morgan fingerprint density at radius 1 is 1.16 bits per heavy atom. The third kappa shape index (κ3) is 3.71. The molecule has 1 amide bonds. The van der Waals surface area contributed by atoms with Crippen molar-refractivity contribution in [2.75, 3.05) is 13.1 Å². The first-order valence-electron chi connectivity index (χ1n) is 6.60. The minimum Gasteiger partial charge on any atom is -0.336 e. The van der Waals surface area contributed by atoms with E-state index in [1.165, 1.54) is 11.1 Å². The second kappa shape index (κ2) is 6.40. The summed E-state index contributed by atoms with van der Waals surface area (Å²) in [5.74, 6) is 0.151. The van der Waals surface area contributed by atoms with Gasteiger partial charge in [0.15, 0.2) is 0 Å². The molecule has 2 unspecified atom stereocenters. The second-order valence-corrected chi connectivity index (χ2v) is 5.48. The predicted octanol–water partition coefficient (Wildman–Crippen LogP) is 2.55.